The van der Waals surface area contributed by atoms with Crippen molar-refractivity contribution in [3.8, 4) is 0 Å². The largest absolute Gasteiger partial charge is 0.416 e. The van der Waals surface area contributed by atoms with Crippen LogP contribution in [-0.2, 0) is 12.8 Å². The first-order valence-electron chi connectivity index (χ1n) is 6.13. The van der Waals surface area contributed by atoms with E-state index in [0.717, 1.165) is 12.1 Å². The number of nitrogens with zero attached hydrogens (tertiary/aromatic N) is 1. The zero-order valence-corrected chi connectivity index (χ0v) is 11.1. The van der Waals surface area contributed by atoms with Crippen molar-refractivity contribution in [3.63, 3.8) is 0 Å². The van der Waals surface area contributed by atoms with Crippen LogP contribution in [0.2, 0.25) is 0 Å². The number of anilines is 2. The summed E-state index contributed by atoms with van der Waals surface area (Å²) in [5.74, 6) is 0. The fraction of sp³-hybridized carbons (Fsp3) is 0.143. The second-order valence-corrected chi connectivity index (χ2v) is 4.47. The maximum Gasteiger partial charge on any atom is 0.416 e. The molecule has 8 heteroatoms. The Labute approximate surface area is 123 Å². The number of benzene rings is 2. The number of aliphatic hydroxyl groups is 1. The molecule has 0 fully saturated rings. The Balaban J connectivity index is 2.40. The van der Waals surface area contributed by atoms with Crippen molar-refractivity contribution >= 4 is 17.1 Å². The van der Waals surface area contributed by atoms with Gasteiger partial charge in [0.2, 0.25) is 0 Å². The highest BCUT2D eigenvalue weighted by molar-refractivity contribution is 5.70. The van der Waals surface area contributed by atoms with Gasteiger partial charge in [0, 0.05) is 11.8 Å². The summed E-state index contributed by atoms with van der Waals surface area (Å²) in [6.45, 7) is -0.218. The van der Waals surface area contributed by atoms with E-state index in [1.165, 1.54) is 0 Å². The molecule has 2 rings (SSSR count). The van der Waals surface area contributed by atoms with Gasteiger partial charge in [-0.05, 0) is 29.8 Å². The van der Waals surface area contributed by atoms with Gasteiger partial charge < -0.3 is 10.4 Å². The number of nitrogens with one attached hydrogen (secondary N) is 1. The molecule has 0 aliphatic heterocycles. The monoisotopic (exact) mass is 312 g/mol. The Morgan fingerprint density at radius 1 is 1.18 bits per heavy atom. The first-order valence-corrected chi connectivity index (χ1v) is 6.13. The minimum Gasteiger partial charge on any atom is -0.392 e. The number of rotatable bonds is 4. The maximum absolute atomic E-state index is 12.6. The Hall–Kier alpha value is -2.61. The van der Waals surface area contributed by atoms with E-state index in [1.54, 1.807) is 24.3 Å². The van der Waals surface area contributed by atoms with E-state index in [0.29, 0.717) is 17.3 Å². The lowest BCUT2D eigenvalue weighted by molar-refractivity contribution is -0.384. The van der Waals surface area contributed by atoms with Gasteiger partial charge in [-0.2, -0.15) is 13.2 Å². The second kappa shape index (κ2) is 6.02. The molecule has 0 heterocycles. The van der Waals surface area contributed by atoms with Crippen molar-refractivity contribution in [3.05, 3.63) is 63.7 Å². The van der Waals surface area contributed by atoms with Crippen LogP contribution in [0.15, 0.2) is 42.5 Å². The Morgan fingerprint density at radius 2 is 1.91 bits per heavy atom. The average Bonchev–Trinajstić information content (AvgIpc) is 2.46. The molecule has 0 aliphatic rings. The van der Waals surface area contributed by atoms with Crippen LogP contribution in [0.5, 0.6) is 0 Å². The van der Waals surface area contributed by atoms with Gasteiger partial charge >= 0.3 is 6.18 Å². The molecule has 5 nitrogen and oxygen atoms in total. The molecule has 0 radical (unpaired) electrons. The quantitative estimate of drug-likeness (QED) is 0.664. The normalized spacial score (nSPS) is 11.3. The van der Waals surface area contributed by atoms with Crippen LogP contribution in [0, 0.1) is 10.1 Å². The van der Waals surface area contributed by atoms with Gasteiger partial charge in [0.05, 0.1) is 17.1 Å². The van der Waals surface area contributed by atoms with Gasteiger partial charge in [0.25, 0.3) is 5.69 Å². The molecule has 2 N–H and O–H groups in total. The molecule has 0 aliphatic carbocycles. The van der Waals surface area contributed by atoms with E-state index in [4.69, 9.17) is 5.11 Å². The summed E-state index contributed by atoms with van der Waals surface area (Å²) in [4.78, 5) is 10.1. The van der Waals surface area contributed by atoms with E-state index in [1.807, 2.05) is 0 Å². The summed E-state index contributed by atoms with van der Waals surface area (Å²) in [6, 6.07) is 8.65. The van der Waals surface area contributed by atoms with E-state index in [9.17, 15) is 23.3 Å². The van der Waals surface area contributed by atoms with Crippen LogP contribution in [0.25, 0.3) is 0 Å². The van der Waals surface area contributed by atoms with Crippen molar-refractivity contribution < 1.29 is 23.2 Å². The third-order valence-electron chi connectivity index (χ3n) is 2.91. The lowest BCUT2D eigenvalue weighted by atomic mass is 10.1. The topological polar surface area (TPSA) is 75.4 Å². The molecule has 0 bridgehead atoms. The van der Waals surface area contributed by atoms with Crippen molar-refractivity contribution in [2.75, 3.05) is 5.32 Å². The van der Waals surface area contributed by atoms with E-state index >= 15 is 0 Å². The van der Waals surface area contributed by atoms with Gasteiger partial charge in [-0.1, -0.05) is 12.1 Å². The molecule has 0 saturated heterocycles. The summed E-state index contributed by atoms with van der Waals surface area (Å²) in [5.41, 5.74) is -0.833. The van der Waals surface area contributed by atoms with Gasteiger partial charge in [-0.25, -0.2) is 0 Å². The molecule has 0 spiro atoms. The molecule has 116 valence electrons. The molecular weight excluding hydrogens is 301 g/mol. The Morgan fingerprint density at radius 3 is 2.50 bits per heavy atom. The molecule has 2 aromatic carbocycles. The summed E-state index contributed by atoms with van der Waals surface area (Å²) < 4.78 is 37.9. The van der Waals surface area contributed by atoms with E-state index in [-0.39, 0.29) is 12.3 Å². The van der Waals surface area contributed by atoms with Gasteiger partial charge in [-0.15, -0.1) is 0 Å². The lowest BCUT2D eigenvalue weighted by Gasteiger charge is -2.11. The smallest absolute Gasteiger partial charge is 0.392 e. The minimum atomic E-state index is -4.65. The maximum atomic E-state index is 12.6. The van der Waals surface area contributed by atoms with E-state index < -0.39 is 22.4 Å². The fourth-order valence-corrected chi connectivity index (χ4v) is 1.87. The van der Waals surface area contributed by atoms with Crippen molar-refractivity contribution in [2.24, 2.45) is 0 Å². The zero-order valence-electron chi connectivity index (χ0n) is 11.1. The second-order valence-electron chi connectivity index (χ2n) is 4.47. The number of aliphatic hydroxyl groups excluding tert-OH is 1. The molecular formula is C14H11F3N2O3. The zero-order chi connectivity index (χ0) is 16.3. The predicted octanol–water partition coefficient (Wildman–Crippen LogP) is 3.85. The lowest BCUT2D eigenvalue weighted by Crippen LogP contribution is -2.06. The average molecular weight is 312 g/mol. The molecule has 0 aromatic heterocycles. The van der Waals surface area contributed by atoms with Crippen molar-refractivity contribution in [2.45, 2.75) is 12.8 Å². The molecule has 2 aromatic rings. The number of nitro benzene ring substituents is 1. The highest BCUT2D eigenvalue weighted by Crippen LogP contribution is 2.36. The predicted molar refractivity (Wildman–Crippen MR) is 73.7 cm³/mol. The molecule has 22 heavy (non-hydrogen) atoms. The van der Waals surface area contributed by atoms with Crippen LogP contribution < -0.4 is 5.32 Å². The van der Waals surface area contributed by atoms with Gasteiger partial charge in [0.1, 0.15) is 5.69 Å². The van der Waals surface area contributed by atoms with Crippen molar-refractivity contribution in [1.29, 1.82) is 0 Å². The van der Waals surface area contributed by atoms with Crippen LogP contribution >= 0.6 is 0 Å². The third kappa shape index (κ3) is 3.53. The Bertz CT molecular complexity index is 702. The SMILES string of the molecule is O=[N+]([O-])c1cc(C(F)(F)F)ccc1Nc1cccc(CO)c1. The standard InChI is InChI=1S/C14H11F3N2O3/c15-14(16,17)10-4-5-12(13(7-10)19(21)22)18-11-3-1-2-9(6-11)8-20/h1-7,18,20H,8H2. The number of hydrogen-bond donors (Lipinski definition) is 2. The summed E-state index contributed by atoms with van der Waals surface area (Å²) >= 11 is 0. The highest BCUT2D eigenvalue weighted by atomic mass is 19.4. The molecule has 0 saturated carbocycles. The molecule has 0 amide bonds. The van der Waals surface area contributed by atoms with Gasteiger partial charge in [-0.3, -0.25) is 10.1 Å². The minimum absolute atomic E-state index is 0.0620. The van der Waals surface area contributed by atoms with E-state index in [2.05, 4.69) is 5.32 Å². The molecule has 0 atom stereocenters. The number of alkyl halides is 3. The first kappa shape index (κ1) is 15.8. The summed E-state index contributed by atoms with van der Waals surface area (Å²) in [6.07, 6.45) is -4.65. The van der Waals surface area contributed by atoms with Crippen LogP contribution in [0.1, 0.15) is 11.1 Å². The third-order valence-corrected chi connectivity index (χ3v) is 2.91. The van der Waals surface area contributed by atoms with Crippen LogP contribution in [0.3, 0.4) is 0 Å². The van der Waals surface area contributed by atoms with Crippen LogP contribution in [0.4, 0.5) is 30.2 Å². The first-order chi connectivity index (χ1) is 10.3. The summed E-state index contributed by atoms with van der Waals surface area (Å²) in [5, 5.41) is 22.7. The number of nitro groups is 1. The fourth-order valence-electron chi connectivity index (χ4n) is 1.87. The number of halogens is 3. The van der Waals surface area contributed by atoms with Crippen LogP contribution in [-0.4, -0.2) is 10.0 Å². The highest BCUT2D eigenvalue weighted by Gasteiger charge is 2.33. The summed E-state index contributed by atoms with van der Waals surface area (Å²) in [7, 11) is 0. The van der Waals surface area contributed by atoms with Crippen molar-refractivity contribution in [1.82, 2.24) is 0 Å². The Kier molecular flexibility index (Phi) is 4.32. The molecule has 0 unspecified atom stereocenters. The van der Waals surface area contributed by atoms with Gasteiger partial charge in [0.15, 0.2) is 0 Å². The number of hydrogen-bond acceptors (Lipinski definition) is 4.